The molecule has 0 saturated carbocycles. The van der Waals surface area contributed by atoms with Crippen LogP contribution in [0.2, 0.25) is 5.02 Å². The average molecular weight is 458 g/mol. The quantitative estimate of drug-likeness (QED) is 0.555. The molecular weight excluding hydrogens is 429 g/mol. The highest BCUT2D eigenvalue weighted by molar-refractivity contribution is 6.31. The number of esters is 1. The van der Waals surface area contributed by atoms with Crippen LogP contribution in [0.1, 0.15) is 49.3 Å². The molecule has 3 heterocycles. The molecule has 170 valence electrons. The minimum atomic E-state index is -0.401. The Kier molecular flexibility index (Phi) is 5.99. The monoisotopic (exact) mass is 457 g/mol. The van der Waals surface area contributed by atoms with E-state index in [1.54, 1.807) is 6.07 Å². The van der Waals surface area contributed by atoms with Crippen molar-refractivity contribution in [2.24, 2.45) is 5.92 Å². The molecule has 0 aliphatic carbocycles. The Morgan fingerprint density at radius 3 is 2.72 bits per heavy atom. The molecule has 0 N–H and O–H groups in total. The summed E-state index contributed by atoms with van der Waals surface area (Å²) in [6.45, 7) is 3.40. The highest BCUT2D eigenvalue weighted by Crippen LogP contribution is 2.52. The first-order valence-electron chi connectivity index (χ1n) is 11.6. The standard InChI is InChI=1S/C26H29ClFNO3/c1-2-31-25(30)19(11-17-5-3-4-6-24(17)27)15-29-21-9-10-22(29)14-26(13-21)23-12-20(28)8-7-18(23)16-32-26/h3-8,12,19,21-22H,2,9-11,13-16H2,1H3. The number of piperidine rings is 1. The molecule has 1 spiro atoms. The molecule has 3 aliphatic rings. The van der Waals surface area contributed by atoms with Crippen molar-refractivity contribution >= 4 is 17.6 Å². The maximum atomic E-state index is 14.0. The van der Waals surface area contributed by atoms with Gasteiger partial charge >= 0.3 is 5.97 Å². The number of rotatable bonds is 6. The minimum absolute atomic E-state index is 0.170. The van der Waals surface area contributed by atoms with Crippen LogP contribution in [-0.4, -0.2) is 36.1 Å². The van der Waals surface area contributed by atoms with Gasteiger partial charge in [0.1, 0.15) is 5.82 Å². The van der Waals surface area contributed by atoms with E-state index in [1.807, 2.05) is 37.3 Å². The highest BCUT2D eigenvalue weighted by atomic mass is 35.5. The lowest BCUT2D eigenvalue weighted by Crippen LogP contribution is -2.51. The lowest BCUT2D eigenvalue weighted by Gasteiger charge is -2.45. The van der Waals surface area contributed by atoms with Crippen LogP contribution in [0.4, 0.5) is 4.39 Å². The number of nitrogens with zero attached hydrogens (tertiary/aromatic N) is 1. The van der Waals surface area contributed by atoms with Crippen LogP contribution in [0.15, 0.2) is 42.5 Å². The summed E-state index contributed by atoms with van der Waals surface area (Å²) in [5.41, 5.74) is 2.69. The molecule has 2 bridgehead atoms. The highest BCUT2D eigenvalue weighted by Gasteiger charge is 2.53. The van der Waals surface area contributed by atoms with Crippen molar-refractivity contribution < 1.29 is 18.7 Å². The molecule has 4 nitrogen and oxygen atoms in total. The first-order valence-corrected chi connectivity index (χ1v) is 12.0. The molecule has 32 heavy (non-hydrogen) atoms. The van der Waals surface area contributed by atoms with Gasteiger partial charge in [-0.15, -0.1) is 0 Å². The van der Waals surface area contributed by atoms with Gasteiger partial charge in [-0.2, -0.15) is 0 Å². The van der Waals surface area contributed by atoms with Gasteiger partial charge in [0, 0.05) is 23.7 Å². The van der Waals surface area contributed by atoms with E-state index in [1.165, 1.54) is 6.07 Å². The van der Waals surface area contributed by atoms with Crippen molar-refractivity contribution in [2.75, 3.05) is 13.2 Å². The first-order chi connectivity index (χ1) is 15.5. The van der Waals surface area contributed by atoms with Gasteiger partial charge in [0.15, 0.2) is 0 Å². The van der Waals surface area contributed by atoms with Crippen LogP contribution in [0.25, 0.3) is 0 Å². The summed E-state index contributed by atoms with van der Waals surface area (Å²) in [5, 5.41) is 0.681. The predicted molar refractivity (Wildman–Crippen MR) is 121 cm³/mol. The zero-order valence-electron chi connectivity index (χ0n) is 18.4. The van der Waals surface area contributed by atoms with Crippen LogP contribution < -0.4 is 0 Å². The number of carbonyl (C=O) groups is 1. The molecule has 2 aromatic rings. The van der Waals surface area contributed by atoms with Gasteiger partial charge in [-0.05, 0) is 73.9 Å². The first kappa shape index (κ1) is 21.9. The number of halogens is 2. The predicted octanol–water partition coefficient (Wildman–Crippen LogP) is 5.25. The summed E-state index contributed by atoms with van der Waals surface area (Å²) in [7, 11) is 0. The van der Waals surface area contributed by atoms with Crippen LogP contribution in [-0.2, 0) is 32.9 Å². The number of carbonyl (C=O) groups excluding carboxylic acids is 1. The lowest BCUT2D eigenvalue weighted by atomic mass is 9.79. The summed E-state index contributed by atoms with van der Waals surface area (Å²) in [6, 6.07) is 13.3. The summed E-state index contributed by atoms with van der Waals surface area (Å²) in [6.07, 6.45) is 4.37. The van der Waals surface area contributed by atoms with Crippen LogP contribution in [0.5, 0.6) is 0 Å². The second kappa shape index (κ2) is 8.77. The summed E-state index contributed by atoms with van der Waals surface area (Å²) in [4.78, 5) is 15.3. The van der Waals surface area contributed by atoms with Crippen molar-refractivity contribution in [2.45, 2.75) is 63.3 Å². The summed E-state index contributed by atoms with van der Waals surface area (Å²) < 4.78 is 25.8. The minimum Gasteiger partial charge on any atom is -0.466 e. The number of fused-ring (bicyclic) bond motifs is 4. The Bertz CT molecular complexity index is 998. The van der Waals surface area contributed by atoms with Crippen LogP contribution >= 0.6 is 11.6 Å². The fourth-order valence-corrected chi connectivity index (χ4v) is 6.21. The van der Waals surface area contributed by atoms with Gasteiger partial charge in [0.05, 0.1) is 24.7 Å². The van der Waals surface area contributed by atoms with E-state index in [0.29, 0.717) is 43.3 Å². The summed E-state index contributed by atoms with van der Waals surface area (Å²) in [5.74, 6) is -0.650. The third-order valence-electron chi connectivity index (χ3n) is 7.44. The SMILES string of the molecule is CCOC(=O)C(Cc1ccccc1Cl)CN1C2CCC1CC1(C2)OCc2ccc(F)cc21. The van der Waals surface area contributed by atoms with E-state index in [-0.39, 0.29) is 17.7 Å². The smallest absolute Gasteiger partial charge is 0.310 e. The topological polar surface area (TPSA) is 38.8 Å². The second-order valence-electron chi connectivity index (χ2n) is 9.32. The number of hydrogen-bond acceptors (Lipinski definition) is 4. The number of ether oxygens (including phenoxy) is 2. The second-order valence-corrected chi connectivity index (χ2v) is 9.73. The van der Waals surface area contributed by atoms with Gasteiger partial charge in [0.2, 0.25) is 0 Å². The Morgan fingerprint density at radius 2 is 2.00 bits per heavy atom. The molecule has 2 aromatic carbocycles. The maximum absolute atomic E-state index is 14.0. The van der Waals surface area contributed by atoms with E-state index in [4.69, 9.17) is 21.1 Å². The van der Waals surface area contributed by atoms with Gasteiger partial charge < -0.3 is 9.47 Å². The van der Waals surface area contributed by atoms with E-state index in [9.17, 15) is 9.18 Å². The Labute approximate surface area is 193 Å². The van der Waals surface area contributed by atoms with Gasteiger partial charge in [-0.1, -0.05) is 35.9 Å². The zero-order chi connectivity index (χ0) is 22.3. The molecular formula is C26H29ClFNO3. The van der Waals surface area contributed by atoms with E-state index in [0.717, 1.165) is 42.4 Å². The van der Waals surface area contributed by atoms with Crippen molar-refractivity contribution in [3.05, 3.63) is 70.0 Å². The van der Waals surface area contributed by atoms with Crippen molar-refractivity contribution in [1.29, 1.82) is 0 Å². The maximum Gasteiger partial charge on any atom is 0.310 e. The Balaban J connectivity index is 1.36. The van der Waals surface area contributed by atoms with Crippen LogP contribution in [0.3, 0.4) is 0 Å². The summed E-state index contributed by atoms with van der Waals surface area (Å²) >= 11 is 6.39. The lowest BCUT2D eigenvalue weighted by molar-refractivity contribution is -0.150. The molecule has 2 saturated heterocycles. The van der Waals surface area contributed by atoms with E-state index < -0.39 is 5.60 Å². The number of benzene rings is 2. The third-order valence-corrected chi connectivity index (χ3v) is 7.81. The normalized spacial score (nSPS) is 27.5. The molecule has 3 unspecified atom stereocenters. The molecule has 6 heteroatoms. The molecule has 3 atom stereocenters. The Hall–Kier alpha value is -1.95. The molecule has 0 aromatic heterocycles. The fourth-order valence-electron chi connectivity index (χ4n) is 5.99. The fraction of sp³-hybridized carbons (Fsp3) is 0.500. The van der Waals surface area contributed by atoms with Gasteiger partial charge in [-0.25, -0.2) is 4.39 Å². The average Bonchev–Trinajstić information content (AvgIpc) is 3.22. The molecule has 0 amide bonds. The largest absolute Gasteiger partial charge is 0.466 e. The van der Waals surface area contributed by atoms with Crippen molar-refractivity contribution in [1.82, 2.24) is 4.90 Å². The number of hydrogen-bond donors (Lipinski definition) is 0. The molecule has 0 radical (unpaired) electrons. The molecule has 5 rings (SSSR count). The van der Waals surface area contributed by atoms with Crippen molar-refractivity contribution in [3.8, 4) is 0 Å². The van der Waals surface area contributed by atoms with E-state index >= 15 is 0 Å². The van der Waals surface area contributed by atoms with Gasteiger partial charge in [-0.3, -0.25) is 9.69 Å². The molecule has 2 fully saturated rings. The van der Waals surface area contributed by atoms with Crippen molar-refractivity contribution in [3.63, 3.8) is 0 Å². The van der Waals surface area contributed by atoms with E-state index in [2.05, 4.69) is 4.90 Å². The van der Waals surface area contributed by atoms with Gasteiger partial charge in [0.25, 0.3) is 0 Å². The third kappa shape index (κ3) is 3.95. The molecule has 3 aliphatic heterocycles. The Morgan fingerprint density at radius 1 is 1.25 bits per heavy atom. The zero-order valence-corrected chi connectivity index (χ0v) is 19.1. The van der Waals surface area contributed by atoms with Crippen LogP contribution in [0, 0.1) is 11.7 Å².